The molecule has 3 nitrogen and oxygen atoms in total. The fraction of sp³-hybridized carbons (Fsp3) is 0.182. The Hall–Kier alpha value is -1.77. The van der Waals surface area contributed by atoms with E-state index in [-0.39, 0.29) is 5.97 Å². The Labute approximate surface area is 83.6 Å². The molecule has 1 rings (SSSR count). The van der Waals surface area contributed by atoms with Crippen LogP contribution in [-0.2, 0) is 4.74 Å². The third-order valence-electron chi connectivity index (χ3n) is 1.80. The zero-order chi connectivity index (χ0) is 10.6. The molecule has 0 saturated heterocycles. The second kappa shape index (κ2) is 4.46. The van der Waals surface area contributed by atoms with Crippen molar-refractivity contribution in [3.05, 3.63) is 42.7 Å². The van der Waals surface area contributed by atoms with Crippen molar-refractivity contribution < 1.29 is 9.53 Å². The molecule has 0 amide bonds. The van der Waals surface area contributed by atoms with Crippen molar-refractivity contribution in [2.24, 2.45) is 0 Å². The molecule has 1 aromatic carbocycles. The fourth-order valence-electron chi connectivity index (χ4n) is 1.18. The number of hydrogen-bond donors (Lipinski definition) is 0. The highest BCUT2D eigenvalue weighted by Gasteiger charge is 2.11. The van der Waals surface area contributed by atoms with Gasteiger partial charge in [-0.3, -0.25) is 0 Å². The maximum Gasteiger partial charge on any atom is 0.345 e. The molecule has 0 aliphatic carbocycles. The van der Waals surface area contributed by atoms with Gasteiger partial charge in [0.2, 0.25) is 0 Å². The lowest BCUT2D eigenvalue weighted by Crippen LogP contribution is -2.14. The standard InChI is InChI=1S/C11H13NO2/c1-4-14-11(13)9-7-5-6-8-10(9)12(2)3/h4-8H,1H2,2-3H3. The maximum absolute atomic E-state index is 11.4. The van der Waals surface area contributed by atoms with E-state index in [2.05, 4.69) is 6.58 Å². The van der Waals surface area contributed by atoms with Crippen LogP contribution in [0, 0.1) is 0 Å². The molecule has 0 bridgehead atoms. The topological polar surface area (TPSA) is 29.5 Å². The number of hydrogen-bond acceptors (Lipinski definition) is 3. The number of benzene rings is 1. The molecule has 1 aromatic rings. The fourth-order valence-corrected chi connectivity index (χ4v) is 1.18. The summed E-state index contributed by atoms with van der Waals surface area (Å²) in [6.07, 6.45) is 1.13. The predicted molar refractivity (Wildman–Crippen MR) is 56.4 cm³/mol. The summed E-state index contributed by atoms with van der Waals surface area (Å²) in [5.41, 5.74) is 1.37. The number of carbonyl (C=O) groups excluding carboxylic acids is 1. The van der Waals surface area contributed by atoms with Gasteiger partial charge < -0.3 is 9.64 Å². The van der Waals surface area contributed by atoms with Crippen LogP contribution in [-0.4, -0.2) is 20.1 Å². The van der Waals surface area contributed by atoms with Gasteiger partial charge in [0.05, 0.1) is 17.5 Å². The van der Waals surface area contributed by atoms with E-state index in [1.807, 2.05) is 31.1 Å². The van der Waals surface area contributed by atoms with E-state index in [1.165, 1.54) is 0 Å². The van der Waals surface area contributed by atoms with E-state index < -0.39 is 0 Å². The van der Waals surface area contributed by atoms with Crippen LogP contribution >= 0.6 is 0 Å². The van der Waals surface area contributed by atoms with Crippen LogP contribution in [0.4, 0.5) is 5.69 Å². The van der Waals surface area contributed by atoms with E-state index in [4.69, 9.17) is 4.74 Å². The molecule has 74 valence electrons. The zero-order valence-corrected chi connectivity index (χ0v) is 8.36. The summed E-state index contributed by atoms with van der Waals surface area (Å²) in [4.78, 5) is 13.3. The van der Waals surface area contributed by atoms with Gasteiger partial charge in [-0.2, -0.15) is 0 Å². The van der Waals surface area contributed by atoms with Gasteiger partial charge in [-0.05, 0) is 12.1 Å². The van der Waals surface area contributed by atoms with Gasteiger partial charge in [-0.15, -0.1) is 0 Å². The largest absolute Gasteiger partial charge is 0.431 e. The molecular weight excluding hydrogens is 178 g/mol. The number of esters is 1. The third kappa shape index (κ3) is 2.13. The summed E-state index contributed by atoms with van der Waals surface area (Å²) in [6.45, 7) is 3.34. The summed E-state index contributed by atoms with van der Waals surface area (Å²) in [7, 11) is 3.75. The minimum absolute atomic E-state index is 0.385. The van der Waals surface area contributed by atoms with Gasteiger partial charge in [0, 0.05) is 14.1 Å². The van der Waals surface area contributed by atoms with Crippen molar-refractivity contribution in [2.75, 3.05) is 19.0 Å². The Morgan fingerprint density at radius 1 is 1.43 bits per heavy atom. The average molecular weight is 191 g/mol. The van der Waals surface area contributed by atoms with Crippen LogP contribution in [0.1, 0.15) is 10.4 Å². The maximum atomic E-state index is 11.4. The Morgan fingerprint density at radius 3 is 2.64 bits per heavy atom. The van der Waals surface area contributed by atoms with Gasteiger partial charge in [-0.25, -0.2) is 4.79 Å². The van der Waals surface area contributed by atoms with Gasteiger partial charge in [0.1, 0.15) is 0 Å². The normalized spacial score (nSPS) is 9.29. The van der Waals surface area contributed by atoms with E-state index in [0.29, 0.717) is 5.56 Å². The highest BCUT2D eigenvalue weighted by atomic mass is 16.5. The molecule has 0 aliphatic rings. The van der Waals surface area contributed by atoms with Crippen molar-refractivity contribution >= 4 is 11.7 Å². The Morgan fingerprint density at radius 2 is 2.07 bits per heavy atom. The van der Waals surface area contributed by atoms with Crippen LogP contribution in [0.2, 0.25) is 0 Å². The Kier molecular flexibility index (Phi) is 3.29. The van der Waals surface area contributed by atoms with E-state index in [0.717, 1.165) is 11.9 Å². The molecule has 3 heteroatoms. The second-order valence-electron chi connectivity index (χ2n) is 2.98. The smallest absolute Gasteiger partial charge is 0.345 e. The zero-order valence-electron chi connectivity index (χ0n) is 8.36. The lowest BCUT2D eigenvalue weighted by molar-refractivity contribution is 0.0665. The van der Waals surface area contributed by atoms with Gasteiger partial charge in [0.25, 0.3) is 0 Å². The molecule has 0 fully saturated rings. The molecule has 0 unspecified atom stereocenters. The van der Waals surface area contributed by atoms with Crippen molar-refractivity contribution in [1.82, 2.24) is 0 Å². The Bertz CT molecular complexity index is 345. The first-order chi connectivity index (χ1) is 6.66. The lowest BCUT2D eigenvalue weighted by atomic mass is 10.1. The van der Waals surface area contributed by atoms with Gasteiger partial charge in [-0.1, -0.05) is 18.7 Å². The molecular formula is C11H13NO2. The average Bonchev–Trinajstić information content (AvgIpc) is 2.18. The monoisotopic (exact) mass is 191 g/mol. The van der Waals surface area contributed by atoms with Gasteiger partial charge in [0.15, 0.2) is 0 Å². The lowest BCUT2D eigenvalue weighted by Gasteiger charge is -2.15. The van der Waals surface area contributed by atoms with Crippen molar-refractivity contribution in [3.63, 3.8) is 0 Å². The number of ether oxygens (including phenoxy) is 1. The van der Waals surface area contributed by atoms with Crippen LogP contribution in [0.5, 0.6) is 0 Å². The molecule has 0 atom stereocenters. The van der Waals surface area contributed by atoms with Crippen LogP contribution in [0.3, 0.4) is 0 Å². The summed E-state index contributed by atoms with van der Waals surface area (Å²) < 4.78 is 4.72. The molecule has 0 aromatic heterocycles. The van der Waals surface area contributed by atoms with E-state index in [9.17, 15) is 4.79 Å². The minimum atomic E-state index is -0.385. The van der Waals surface area contributed by atoms with Crippen molar-refractivity contribution in [3.8, 4) is 0 Å². The van der Waals surface area contributed by atoms with E-state index >= 15 is 0 Å². The number of nitrogens with zero attached hydrogens (tertiary/aromatic N) is 1. The molecule has 14 heavy (non-hydrogen) atoms. The number of anilines is 1. The first-order valence-corrected chi connectivity index (χ1v) is 4.25. The predicted octanol–water partition coefficient (Wildman–Crippen LogP) is 2.05. The SMILES string of the molecule is C=COC(=O)c1ccccc1N(C)C. The third-order valence-corrected chi connectivity index (χ3v) is 1.80. The number of para-hydroxylation sites is 1. The van der Waals surface area contributed by atoms with Gasteiger partial charge >= 0.3 is 5.97 Å². The highest BCUT2D eigenvalue weighted by molar-refractivity contribution is 5.96. The first-order valence-electron chi connectivity index (χ1n) is 4.25. The minimum Gasteiger partial charge on any atom is -0.431 e. The molecule has 0 spiro atoms. The molecule has 0 saturated carbocycles. The number of rotatable bonds is 3. The number of carbonyl (C=O) groups is 1. The molecule has 0 heterocycles. The summed E-state index contributed by atoms with van der Waals surface area (Å²) in [6, 6.07) is 7.26. The first kappa shape index (κ1) is 10.3. The summed E-state index contributed by atoms with van der Waals surface area (Å²) in [5.74, 6) is -0.385. The van der Waals surface area contributed by atoms with Crippen LogP contribution in [0.25, 0.3) is 0 Å². The van der Waals surface area contributed by atoms with Crippen LogP contribution < -0.4 is 4.90 Å². The molecule has 0 aliphatic heterocycles. The van der Waals surface area contributed by atoms with Crippen LogP contribution in [0.15, 0.2) is 37.1 Å². The van der Waals surface area contributed by atoms with Crippen molar-refractivity contribution in [2.45, 2.75) is 0 Å². The summed E-state index contributed by atoms with van der Waals surface area (Å²) in [5, 5.41) is 0. The molecule has 0 N–H and O–H groups in total. The quantitative estimate of drug-likeness (QED) is 0.541. The second-order valence-corrected chi connectivity index (χ2v) is 2.98. The summed E-state index contributed by atoms with van der Waals surface area (Å²) >= 11 is 0. The van der Waals surface area contributed by atoms with Crippen molar-refractivity contribution in [1.29, 1.82) is 0 Å². The van der Waals surface area contributed by atoms with E-state index in [1.54, 1.807) is 12.1 Å². The highest BCUT2D eigenvalue weighted by Crippen LogP contribution is 2.18. The Balaban J connectivity index is 3.06. The molecule has 0 radical (unpaired) electrons.